The highest BCUT2D eigenvalue weighted by Crippen LogP contribution is 2.20. The van der Waals surface area contributed by atoms with Gasteiger partial charge in [-0.1, -0.05) is 54.1 Å². The zero-order chi connectivity index (χ0) is 18.4. The maximum atomic E-state index is 12.0. The number of rotatable bonds is 5. The van der Waals surface area contributed by atoms with Crippen molar-refractivity contribution >= 4 is 23.4 Å². The van der Waals surface area contributed by atoms with Crippen molar-refractivity contribution < 1.29 is 14.0 Å². The van der Waals surface area contributed by atoms with Crippen LogP contribution in [0.25, 0.3) is 11.3 Å². The molecule has 2 aromatic carbocycles. The van der Waals surface area contributed by atoms with Gasteiger partial charge in [-0.15, -0.1) is 0 Å². The monoisotopic (exact) mass is 369 g/mol. The zero-order valence-corrected chi connectivity index (χ0v) is 14.5. The topological polar surface area (TPSA) is 84.2 Å². The second-order valence-electron chi connectivity index (χ2n) is 5.47. The van der Waals surface area contributed by atoms with E-state index >= 15 is 0 Å². The van der Waals surface area contributed by atoms with Crippen LogP contribution in [0.2, 0.25) is 5.02 Å². The van der Waals surface area contributed by atoms with Crippen LogP contribution in [0.5, 0.6) is 0 Å². The van der Waals surface area contributed by atoms with Crippen LogP contribution >= 0.6 is 11.6 Å². The number of hydrazine groups is 1. The van der Waals surface area contributed by atoms with Gasteiger partial charge in [0.15, 0.2) is 11.7 Å². The van der Waals surface area contributed by atoms with E-state index in [-0.39, 0.29) is 17.9 Å². The number of hydrogen-bond acceptors (Lipinski definition) is 4. The minimum Gasteiger partial charge on any atom is -0.441 e. The van der Waals surface area contributed by atoms with Crippen molar-refractivity contribution in [3.8, 4) is 11.3 Å². The molecule has 1 aromatic heterocycles. The molecular weight excluding hydrogens is 354 g/mol. The first-order valence-electron chi connectivity index (χ1n) is 7.97. The van der Waals surface area contributed by atoms with Crippen LogP contribution in [0, 0.1) is 0 Å². The lowest BCUT2D eigenvalue weighted by Gasteiger charge is -2.07. The second-order valence-corrected chi connectivity index (χ2v) is 5.87. The molecule has 0 fully saturated rings. The summed E-state index contributed by atoms with van der Waals surface area (Å²) >= 11 is 5.93. The number of oxazole rings is 1. The Labute approximate surface area is 155 Å². The zero-order valence-electron chi connectivity index (χ0n) is 13.7. The fraction of sp³-hybridized carbons (Fsp3) is 0.105. The van der Waals surface area contributed by atoms with Gasteiger partial charge in [0.25, 0.3) is 5.91 Å². The quantitative estimate of drug-likeness (QED) is 0.675. The Bertz CT molecular complexity index is 909. The first-order valence-corrected chi connectivity index (χ1v) is 8.35. The molecule has 132 valence electrons. The van der Waals surface area contributed by atoms with E-state index in [1.165, 1.54) is 0 Å². The van der Waals surface area contributed by atoms with Crippen LogP contribution < -0.4 is 10.9 Å². The summed E-state index contributed by atoms with van der Waals surface area (Å²) in [6.07, 6.45) is 2.07. The summed E-state index contributed by atoms with van der Waals surface area (Å²) in [4.78, 5) is 28.0. The third-order valence-electron chi connectivity index (χ3n) is 3.61. The van der Waals surface area contributed by atoms with Gasteiger partial charge in [0.05, 0.1) is 16.8 Å². The average Bonchev–Trinajstić information content (AvgIpc) is 3.14. The molecule has 3 aromatic rings. The van der Waals surface area contributed by atoms with E-state index in [2.05, 4.69) is 15.8 Å². The number of carbonyl (C=O) groups excluding carboxylic acids is 2. The number of halogens is 1. The molecule has 0 saturated heterocycles. The summed E-state index contributed by atoms with van der Waals surface area (Å²) in [6.45, 7) is 0. The molecule has 0 atom stereocenters. The van der Waals surface area contributed by atoms with Crippen molar-refractivity contribution in [3.63, 3.8) is 0 Å². The van der Waals surface area contributed by atoms with E-state index in [0.29, 0.717) is 23.1 Å². The first-order chi connectivity index (χ1) is 12.6. The normalized spacial score (nSPS) is 10.3. The van der Waals surface area contributed by atoms with Crippen molar-refractivity contribution in [3.05, 3.63) is 77.3 Å². The lowest BCUT2D eigenvalue weighted by atomic mass is 10.2. The molecule has 2 N–H and O–H groups in total. The average molecular weight is 370 g/mol. The number of aromatic nitrogens is 1. The highest BCUT2D eigenvalue weighted by molar-refractivity contribution is 6.33. The third kappa shape index (κ3) is 4.49. The predicted molar refractivity (Wildman–Crippen MR) is 97.3 cm³/mol. The van der Waals surface area contributed by atoms with Gasteiger partial charge in [0.1, 0.15) is 0 Å². The highest BCUT2D eigenvalue weighted by atomic mass is 35.5. The smallest absolute Gasteiger partial charge is 0.271 e. The standard InChI is InChI=1S/C19H16ClN3O3/c20-15-9-5-4-8-14(15)19(25)23-22-17(24)10-11-18-21-12-16(26-18)13-6-2-1-3-7-13/h1-9,12H,10-11H2,(H,22,24)(H,23,25). The Morgan fingerprint density at radius 1 is 1.00 bits per heavy atom. The molecular formula is C19H16ClN3O3. The van der Waals surface area contributed by atoms with E-state index in [4.69, 9.17) is 16.0 Å². The number of aryl methyl sites for hydroxylation is 1. The van der Waals surface area contributed by atoms with Crippen LogP contribution in [-0.2, 0) is 11.2 Å². The highest BCUT2D eigenvalue weighted by Gasteiger charge is 2.12. The van der Waals surface area contributed by atoms with Crippen LogP contribution in [-0.4, -0.2) is 16.8 Å². The molecule has 0 radical (unpaired) electrons. The summed E-state index contributed by atoms with van der Waals surface area (Å²) in [7, 11) is 0. The Morgan fingerprint density at radius 2 is 1.73 bits per heavy atom. The second kappa shape index (κ2) is 8.31. The fourth-order valence-corrected chi connectivity index (χ4v) is 2.51. The largest absolute Gasteiger partial charge is 0.441 e. The van der Waals surface area contributed by atoms with Gasteiger partial charge in [-0.3, -0.25) is 20.4 Å². The number of nitrogens with one attached hydrogen (secondary N) is 2. The predicted octanol–water partition coefficient (Wildman–Crippen LogP) is 3.39. The van der Waals surface area contributed by atoms with Gasteiger partial charge in [0.2, 0.25) is 5.91 Å². The summed E-state index contributed by atoms with van der Waals surface area (Å²) in [5, 5.41) is 0.312. The number of carbonyl (C=O) groups is 2. The SMILES string of the molecule is O=C(CCc1ncc(-c2ccccc2)o1)NNC(=O)c1ccccc1Cl. The van der Waals surface area contributed by atoms with Gasteiger partial charge in [-0.2, -0.15) is 0 Å². The summed E-state index contributed by atoms with van der Waals surface area (Å²) in [5.74, 6) is 0.265. The van der Waals surface area contributed by atoms with Gasteiger partial charge in [-0.05, 0) is 12.1 Å². The molecule has 0 aliphatic heterocycles. The molecule has 7 heteroatoms. The minimum absolute atomic E-state index is 0.123. The Morgan fingerprint density at radius 3 is 2.50 bits per heavy atom. The Kier molecular flexibility index (Phi) is 5.66. The number of nitrogens with zero attached hydrogens (tertiary/aromatic N) is 1. The maximum absolute atomic E-state index is 12.0. The lowest BCUT2D eigenvalue weighted by Crippen LogP contribution is -2.41. The molecule has 3 rings (SSSR count). The van der Waals surface area contributed by atoms with E-state index in [1.54, 1.807) is 30.5 Å². The minimum atomic E-state index is -0.480. The molecule has 0 saturated carbocycles. The van der Waals surface area contributed by atoms with E-state index in [0.717, 1.165) is 5.56 Å². The third-order valence-corrected chi connectivity index (χ3v) is 3.94. The van der Waals surface area contributed by atoms with Crippen LogP contribution in [0.3, 0.4) is 0 Å². The number of amides is 2. The summed E-state index contributed by atoms with van der Waals surface area (Å²) in [5.41, 5.74) is 5.89. The molecule has 26 heavy (non-hydrogen) atoms. The maximum Gasteiger partial charge on any atom is 0.271 e. The molecule has 0 unspecified atom stereocenters. The Hall–Kier alpha value is -3.12. The lowest BCUT2D eigenvalue weighted by molar-refractivity contribution is -0.121. The van der Waals surface area contributed by atoms with E-state index < -0.39 is 5.91 Å². The molecule has 0 spiro atoms. The van der Waals surface area contributed by atoms with Gasteiger partial charge in [-0.25, -0.2) is 4.98 Å². The van der Waals surface area contributed by atoms with Gasteiger partial charge >= 0.3 is 0 Å². The molecule has 0 bridgehead atoms. The van der Waals surface area contributed by atoms with Crippen LogP contribution in [0.1, 0.15) is 22.7 Å². The van der Waals surface area contributed by atoms with E-state index in [9.17, 15) is 9.59 Å². The van der Waals surface area contributed by atoms with Crippen LogP contribution in [0.4, 0.5) is 0 Å². The van der Waals surface area contributed by atoms with Crippen molar-refractivity contribution in [2.75, 3.05) is 0 Å². The molecule has 1 heterocycles. The summed E-state index contributed by atoms with van der Waals surface area (Å²) < 4.78 is 5.63. The Balaban J connectivity index is 1.48. The first kappa shape index (κ1) is 17.7. The van der Waals surface area contributed by atoms with E-state index in [1.807, 2.05) is 30.3 Å². The number of benzene rings is 2. The fourth-order valence-electron chi connectivity index (χ4n) is 2.28. The summed E-state index contributed by atoms with van der Waals surface area (Å²) in [6, 6.07) is 16.2. The number of hydrogen-bond donors (Lipinski definition) is 2. The molecule has 6 nitrogen and oxygen atoms in total. The van der Waals surface area contributed by atoms with Gasteiger partial charge < -0.3 is 4.42 Å². The van der Waals surface area contributed by atoms with Crippen molar-refractivity contribution in [2.24, 2.45) is 0 Å². The van der Waals surface area contributed by atoms with Crippen molar-refractivity contribution in [1.29, 1.82) is 0 Å². The molecule has 0 aliphatic carbocycles. The van der Waals surface area contributed by atoms with Crippen molar-refractivity contribution in [1.82, 2.24) is 15.8 Å². The molecule has 2 amide bonds. The van der Waals surface area contributed by atoms with Crippen molar-refractivity contribution in [2.45, 2.75) is 12.8 Å². The van der Waals surface area contributed by atoms with Gasteiger partial charge in [0, 0.05) is 18.4 Å². The molecule has 0 aliphatic rings. The van der Waals surface area contributed by atoms with Crippen LogP contribution in [0.15, 0.2) is 65.2 Å².